The van der Waals surface area contributed by atoms with Crippen LogP contribution in [0.1, 0.15) is 19.3 Å². The van der Waals surface area contributed by atoms with Crippen LogP contribution in [0.15, 0.2) is 0 Å². The SMILES string of the molecule is O=S([O-])OS(=O)(=O)OS(=O)(=O)ON1CCCCC1. The van der Waals surface area contributed by atoms with Gasteiger partial charge < -0.3 is 4.55 Å². The summed E-state index contributed by atoms with van der Waals surface area (Å²) in [6, 6.07) is 0. The zero-order valence-corrected chi connectivity index (χ0v) is 11.3. The van der Waals surface area contributed by atoms with E-state index in [0.717, 1.165) is 11.5 Å². The molecule has 108 valence electrons. The molecule has 0 saturated carbocycles. The van der Waals surface area contributed by atoms with Crippen LogP contribution >= 0.6 is 0 Å². The van der Waals surface area contributed by atoms with Crippen molar-refractivity contribution in [3.05, 3.63) is 0 Å². The summed E-state index contributed by atoms with van der Waals surface area (Å²) in [4.78, 5) is 0. The number of piperidine rings is 1. The van der Waals surface area contributed by atoms with Crippen LogP contribution in [0.4, 0.5) is 0 Å². The van der Waals surface area contributed by atoms with Crippen LogP contribution in [0.3, 0.4) is 0 Å². The Morgan fingerprint density at radius 1 is 1.00 bits per heavy atom. The van der Waals surface area contributed by atoms with E-state index in [2.05, 4.69) is 11.5 Å². The molecule has 1 atom stereocenters. The highest BCUT2D eigenvalue weighted by atomic mass is 32.3. The van der Waals surface area contributed by atoms with Gasteiger partial charge in [0.1, 0.15) is 11.4 Å². The fourth-order valence-corrected chi connectivity index (χ4v) is 3.42. The topological polar surface area (TPSA) is 139 Å². The first-order valence-electron chi connectivity index (χ1n) is 4.65. The van der Waals surface area contributed by atoms with E-state index in [1.54, 1.807) is 0 Å². The molecule has 1 aliphatic heterocycles. The zero-order valence-electron chi connectivity index (χ0n) is 8.88. The average molecular weight is 324 g/mol. The maximum Gasteiger partial charge on any atom is 0.432 e. The van der Waals surface area contributed by atoms with E-state index in [0.29, 0.717) is 12.8 Å². The molecule has 0 N–H and O–H groups in total. The highest BCUT2D eigenvalue weighted by molar-refractivity contribution is 7.99. The Morgan fingerprint density at radius 2 is 1.56 bits per heavy atom. The van der Waals surface area contributed by atoms with Gasteiger partial charge in [-0.05, 0) is 12.8 Å². The molecule has 1 heterocycles. The minimum atomic E-state index is -5.24. The van der Waals surface area contributed by atoms with Crippen molar-refractivity contribution in [2.75, 3.05) is 13.1 Å². The van der Waals surface area contributed by atoms with Gasteiger partial charge in [0.25, 0.3) is 0 Å². The highest BCUT2D eigenvalue weighted by Crippen LogP contribution is 2.14. The Kier molecular flexibility index (Phi) is 5.60. The summed E-state index contributed by atoms with van der Waals surface area (Å²) in [5, 5.41) is 1.00. The highest BCUT2D eigenvalue weighted by Gasteiger charge is 2.29. The van der Waals surface area contributed by atoms with Crippen molar-refractivity contribution in [3.8, 4) is 0 Å². The third-order valence-corrected chi connectivity index (χ3v) is 4.66. The summed E-state index contributed by atoms with van der Waals surface area (Å²) in [7, 11) is -10.2. The van der Waals surface area contributed by atoms with E-state index < -0.39 is 32.2 Å². The predicted molar refractivity (Wildman–Crippen MR) is 55.4 cm³/mol. The Balaban J connectivity index is 2.61. The molecule has 0 aromatic rings. The molecule has 1 rings (SSSR count). The van der Waals surface area contributed by atoms with E-state index in [1.807, 2.05) is 0 Å². The lowest BCUT2D eigenvalue weighted by Crippen LogP contribution is -2.34. The largest absolute Gasteiger partial charge is 0.749 e. The van der Waals surface area contributed by atoms with Crippen molar-refractivity contribution in [2.24, 2.45) is 0 Å². The molecule has 0 spiro atoms. The van der Waals surface area contributed by atoms with Gasteiger partial charge in [-0.3, -0.25) is 0 Å². The standard InChI is InChI=1S/C5H11NO9S3/c7-16(8)14-18(11,12)15-17(9,10)13-6-4-2-1-3-5-6/h1-5H2,(H,7,8)/p-1. The van der Waals surface area contributed by atoms with Crippen LogP contribution in [-0.4, -0.2) is 43.7 Å². The van der Waals surface area contributed by atoms with Gasteiger partial charge in [-0.25, -0.2) is 4.21 Å². The molecule has 0 radical (unpaired) electrons. The summed E-state index contributed by atoms with van der Waals surface area (Å²) in [6.45, 7) is 0.577. The van der Waals surface area contributed by atoms with Gasteiger partial charge in [0.05, 0.1) is 0 Å². The van der Waals surface area contributed by atoms with Crippen LogP contribution < -0.4 is 0 Å². The third-order valence-electron chi connectivity index (χ3n) is 1.82. The molecule has 0 aromatic carbocycles. The van der Waals surface area contributed by atoms with Crippen molar-refractivity contribution >= 4 is 32.2 Å². The molecule has 13 heteroatoms. The molecule has 10 nitrogen and oxygen atoms in total. The summed E-state index contributed by atoms with van der Waals surface area (Å²) < 4.78 is 74.9. The van der Waals surface area contributed by atoms with Crippen molar-refractivity contribution in [3.63, 3.8) is 0 Å². The summed E-state index contributed by atoms with van der Waals surface area (Å²) in [5.74, 6) is 0. The average Bonchev–Trinajstić information content (AvgIpc) is 2.13. The summed E-state index contributed by atoms with van der Waals surface area (Å²) in [6.07, 6.45) is 2.27. The lowest BCUT2D eigenvalue weighted by molar-refractivity contribution is -0.0730. The van der Waals surface area contributed by atoms with E-state index >= 15 is 0 Å². The smallest absolute Gasteiger partial charge is 0.432 e. The van der Waals surface area contributed by atoms with E-state index in [9.17, 15) is 25.6 Å². The second-order valence-corrected chi connectivity index (χ2v) is 6.50. The van der Waals surface area contributed by atoms with Gasteiger partial charge in [-0.2, -0.15) is 29.8 Å². The Morgan fingerprint density at radius 3 is 2.06 bits per heavy atom. The Hall–Kier alpha value is -0.150. The predicted octanol–water partition coefficient (Wildman–Crippen LogP) is -1.28. The normalized spacial score (nSPS) is 20.7. The quantitative estimate of drug-likeness (QED) is 0.542. The molecule has 1 aliphatic rings. The second kappa shape index (κ2) is 6.33. The molecule has 18 heavy (non-hydrogen) atoms. The number of hydrogen-bond donors (Lipinski definition) is 0. The van der Waals surface area contributed by atoms with Gasteiger partial charge in [-0.1, -0.05) is 10.1 Å². The fraction of sp³-hybridized carbons (Fsp3) is 1.00. The van der Waals surface area contributed by atoms with Crippen LogP contribution in [0.25, 0.3) is 0 Å². The van der Waals surface area contributed by atoms with Gasteiger partial charge >= 0.3 is 20.8 Å². The summed E-state index contributed by atoms with van der Waals surface area (Å²) in [5.41, 5.74) is 0. The van der Waals surface area contributed by atoms with E-state index in [1.165, 1.54) is 0 Å². The minimum Gasteiger partial charge on any atom is -0.749 e. The lowest BCUT2D eigenvalue weighted by Gasteiger charge is -2.23. The molecular formula is C5H10NO9S3-. The Labute approximate surface area is 107 Å². The maximum atomic E-state index is 11.1. The molecule has 1 fully saturated rings. The van der Waals surface area contributed by atoms with Crippen molar-refractivity contribution < 1.29 is 37.1 Å². The molecule has 0 aromatic heterocycles. The van der Waals surface area contributed by atoms with Crippen LogP contribution in [-0.2, 0) is 43.7 Å². The van der Waals surface area contributed by atoms with Crippen LogP contribution in [0.5, 0.6) is 0 Å². The second-order valence-electron chi connectivity index (χ2n) is 3.22. The molecule has 1 unspecified atom stereocenters. The molecular weight excluding hydrogens is 314 g/mol. The molecule has 0 bridgehead atoms. The van der Waals surface area contributed by atoms with Crippen LogP contribution in [0.2, 0.25) is 0 Å². The van der Waals surface area contributed by atoms with Crippen molar-refractivity contribution in [1.82, 2.24) is 5.06 Å². The molecule has 0 amide bonds. The van der Waals surface area contributed by atoms with Crippen molar-refractivity contribution in [1.29, 1.82) is 0 Å². The number of hydrogen-bond acceptors (Lipinski definition) is 10. The zero-order chi connectivity index (χ0) is 13.8. The first kappa shape index (κ1) is 15.9. The molecule has 1 saturated heterocycles. The summed E-state index contributed by atoms with van der Waals surface area (Å²) >= 11 is -3.47. The number of rotatable bonds is 6. The Bertz CT molecular complexity index is 490. The number of hydroxylamine groups is 2. The van der Waals surface area contributed by atoms with Crippen LogP contribution in [0, 0.1) is 0 Å². The van der Waals surface area contributed by atoms with Crippen molar-refractivity contribution in [2.45, 2.75) is 19.3 Å². The van der Waals surface area contributed by atoms with Gasteiger partial charge in [-0.15, -0.1) is 0 Å². The van der Waals surface area contributed by atoms with Gasteiger partial charge in [0, 0.05) is 13.1 Å². The lowest BCUT2D eigenvalue weighted by atomic mass is 10.2. The first-order chi connectivity index (χ1) is 8.20. The first-order valence-corrected chi connectivity index (χ1v) is 8.32. The maximum absolute atomic E-state index is 11.1. The number of nitrogens with zero attached hydrogens (tertiary/aromatic N) is 1. The van der Waals surface area contributed by atoms with E-state index in [4.69, 9.17) is 0 Å². The van der Waals surface area contributed by atoms with E-state index in [-0.39, 0.29) is 13.1 Å². The third kappa shape index (κ3) is 6.14. The molecule has 0 aliphatic carbocycles. The minimum absolute atomic E-state index is 0.289. The monoisotopic (exact) mass is 324 g/mol. The van der Waals surface area contributed by atoms with Gasteiger partial charge in [0.15, 0.2) is 0 Å². The fourth-order valence-electron chi connectivity index (χ4n) is 1.26. The van der Waals surface area contributed by atoms with Gasteiger partial charge in [0.2, 0.25) is 0 Å².